The van der Waals surface area contributed by atoms with Crippen LogP contribution in [0.2, 0.25) is 5.02 Å². The van der Waals surface area contributed by atoms with E-state index in [1.54, 1.807) is 0 Å². The molecule has 0 aromatic heterocycles. The summed E-state index contributed by atoms with van der Waals surface area (Å²) in [5.74, 6) is -0.271. The third kappa shape index (κ3) is 7.62. The minimum atomic E-state index is -0.833. The predicted molar refractivity (Wildman–Crippen MR) is 109 cm³/mol. The second-order valence-electron chi connectivity index (χ2n) is 5.98. The first-order chi connectivity index (χ1) is 13.3. The maximum atomic E-state index is 11.6. The van der Waals surface area contributed by atoms with Gasteiger partial charge in [-0.05, 0) is 41.8 Å². The number of carboxylic acids is 1. The van der Waals surface area contributed by atoms with Crippen molar-refractivity contribution in [3.63, 3.8) is 0 Å². The minimum Gasteiger partial charge on any atom is -0.493 e. The molecule has 0 spiro atoms. The normalized spacial score (nSPS) is 15.4. The van der Waals surface area contributed by atoms with Crippen LogP contribution in [0.4, 0.5) is 4.79 Å². The van der Waals surface area contributed by atoms with Gasteiger partial charge in [-0.2, -0.15) is 0 Å². The molecule has 2 N–H and O–H groups in total. The van der Waals surface area contributed by atoms with Crippen molar-refractivity contribution in [2.45, 2.75) is 25.0 Å². The van der Waals surface area contributed by atoms with Gasteiger partial charge in [0.25, 0.3) is 11.2 Å². The molecule has 1 fully saturated rings. The molecule has 28 heavy (non-hydrogen) atoms. The van der Waals surface area contributed by atoms with E-state index >= 15 is 0 Å². The Kier molecular flexibility index (Phi) is 8.35. The van der Waals surface area contributed by atoms with Gasteiger partial charge in [0.15, 0.2) is 0 Å². The fraction of sp³-hybridized carbons (Fsp3) is 0.250. The van der Waals surface area contributed by atoms with Crippen molar-refractivity contribution in [1.82, 2.24) is 5.32 Å². The maximum Gasteiger partial charge on any atom is 0.300 e. The molecular weight excluding hydrogens is 402 g/mol. The van der Waals surface area contributed by atoms with E-state index in [1.165, 1.54) is 0 Å². The molecule has 1 saturated heterocycles. The highest BCUT2D eigenvalue weighted by atomic mass is 35.5. The SMILES string of the molecule is CC(=O)O.O=C1NC(=O)C(Cc2ccc(OCCc3cccc(Cl)c3)cc2)S1. The molecule has 8 heteroatoms. The van der Waals surface area contributed by atoms with Crippen molar-refractivity contribution < 1.29 is 24.2 Å². The molecule has 1 aliphatic heterocycles. The van der Waals surface area contributed by atoms with Crippen molar-refractivity contribution in [2.24, 2.45) is 0 Å². The molecule has 2 aromatic rings. The fourth-order valence-corrected chi connectivity index (χ4v) is 3.52. The highest BCUT2D eigenvalue weighted by Gasteiger charge is 2.31. The average Bonchev–Trinajstić information content (AvgIpc) is 2.93. The number of amides is 2. The first-order valence-electron chi connectivity index (χ1n) is 8.50. The quantitative estimate of drug-likeness (QED) is 0.733. The smallest absolute Gasteiger partial charge is 0.300 e. The van der Waals surface area contributed by atoms with E-state index < -0.39 is 5.97 Å². The molecule has 1 atom stereocenters. The van der Waals surface area contributed by atoms with Crippen molar-refractivity contribution in [3.05, 3.63) is 64.7 Å². The molecule has 0 saturated carbocycles. The zero-order chi connectivity index (χ0) is 20.5. The Morgan fingerprint density at radius 1 is 1.18 bits per heavy atom. The first kappa shape index (κ1) is 21.8. The highest BCUT2D eigenvalue weighted by Crippen LogP contribution is 2.24. The maximum absolute atomic E-state index is 11.6. The summed E-state index contributed by atoms with van der Waals surface area (Å²) in [6.45, 7) is 1.65. The van der Waals surface area contributed by atoms with E-state index in [0.717, 1.165) is 47.0 Å². The van der Waals surface area contributed by atoms with E-state index in [2.05, 4.69) is 5.32 Å². The molecule has 0 bridgehead atoms. The third-order valence-electron chi connectivity index (χ3n) is 3.66. The number of carbonyl (C=O) groups excluding carboxylic acids is 2. The van der Waals surface area contributed by atoms with Gasteiger partial charge in [-0.3, -0.25) is 19.7 Å². The lowest BCUT2D eigenvalue weighted by atomic mass is 10.1. The van der Waals surface area contributed by atoms with Crippen LogP contribution in [0.15, 0.2) is 48.5 Å². The van der Waals surface area contributed by atoms with Crippen molar-refractivity contribution >= 4 is 40.5 Å². The van der Waals surface area contributed by atoms with Crippen LogP contribution in [-0.2, 0) is 22.4 Å². The molecule has 6 nitrogen and oxygen atoms in total. The van der Waals surface area contributed by atoms with Crippen molar-refractivity contribution in [2.75, 3.05) is 6.61 Å². The summed E-state index contributed by atoms with van der Waals surface area (Å²) in [6.07, 6.45) is 1.31. The molecule has 2 amide bonds. The summed E-state index contributed by atoms with van der Waals surface area (Å²) < 4.78 is 5.73. The van der Waals surface area contributed by atoms with Crippen molar-refractivity contribution in [1.29, 1.82) is 0 Å². The van der Waals surface area contributed by atoms with E-state index in [9.17, 15) is 9.59 Å². The number of nitrogens with one attached hydrogen (secondary N) is 1. The Hall–Kier alpha value is -2.51. The van der Waals surface area contributed by atoms with E-state index in [4.69, 9.17) is 26.2 Å². The lowest BCUT2D eigenvalue weighted by Crippen LogP contribution is -2.25. The fourth-order valence-electron chi connectivity index (χ4n) is 2.44. The number of thioether (sulfide) groups is 1. The Bertz CT molecular complexity index is 837. The van der Waals surface area contributed by atoms with Gasteiger partial charge < -0.3 is 9.84 Å². The van der Waals surface area contributed by atoms with Crippen LogP contribution >= 0.6 is 23.4 Å². The number of aliphatic carboxylic acids is 1. The second kappa shape index (κ2) is 10.7. The Morgan fingerprint density at radius 3 is 2.43 bits per heavy atom. The number of carbonyl (C=O) groups is 3. The summed E-state index contributed by atoms with van der Waals surface area (Å²) in [5, 5.41) is 9.83. The number of hydrogen-bond acceptors (Lipinski definition) is 5. The second-order valence-corrected chi connectivity index (χ2v) is 7.59. The van der Waals surface area contributed by atoms with Crippen LogP contribution in [0.3, 0.4) is 0 Å². The number of imide groups is 1. The molecule has 148 valence electrons. The number of halogens is 1. The molecule has 3 rings (SSSR count). The molecule has 1 unspecified atom stereocenters. The monoisotopic (exact) mass is 421 g/mol. The summed E-state index contributed by atoms with van der Waals surface area (Å²) in [5.41, 5.74) is 2.13. The largest absolute Gasteiger partial charge is 0.493 e. The summed E-state index contributed by atoms with van der Waals surface area (Å²) in [7, 11) is 0. The minimum absolute atomic E-state index is 0.216. The molecule has 1 aliphatic rings. The number of ether oxygens (including phenoxy) is 1. The average molecular weight is 422 g/mol. The Morgan fingerprint density at radius 2 is 1.86 bits per heavy atom. The topological polar surface area (TPSA) is 92.7 Å². The first-order valence-corrected chi connectivity index (χ1v) is 9.76. The third-order valence-corrected chi connectivity index (χ3v) is 4.88. The van der Waals surface area contributed by atoms with Crippen molar-refractivity contribution in [3.8, 4) is 5.75 Å². The lowest BCUT2D eigenvalue weighted by molar-refractivity contribution is -0.134. The molecule has 1 heterocycles. The molecule has 2 aromatic carbocycles. The van der Waals surface area contributed by atoms with Crippen LogP contribution < -0.4 is 10.1 Å². The van der Waals surface area contributed by atoms with Gasteiger partial charge in [-0.15, -0.1) is 0 Å². The van der Waals surface area contributed by atoms with Gasteiger partial charge in [-0.1, -0.05) is 47.6 Å². The summed E-state index contributed by atoms with van der Waals surface area (Å²) >= 11 is 7.00. The van der Waals surface area contributed by atoms with Gasteiger partial charge in [0, 0.05) is 18.4 Å². The van der Waals surface area contributed by atoms with Gasteiger partial charge in [0.1, 0.15) is 5.75 Å². The zero-order valence-electron chi connectivity index (χ0n) is 15.2. The molecule has 0 aliphatic carbocycles. The summed E-state index contributed by atoms with van der Waals surface area (Å²) in [6, 6.07) is 15.3. The van der Waals surface area contributed by atoms with Gasteiger partial charge in [0.05, 0.1) is 11.9 Å². The van der Waals surface area contributed by atoms with Crippen LogP contribution in [0.5, 0.6) is 5.75 Å². The van der Waals surface area contributed by atoms with Crippen LogP contribution in [0.1, 0.15) is 18.1 Å². The van der Waals surface area contributed by atoms with Gasteiger partial charge >= 0.3 is 0 Å². The lowest BCUT2D eigenvalue weighted by Gasteiger charge is -2.09. The molecular formula is C20H20ClNO5S. The van der Waals surface area contributed by atoms with Crippen LogP contribution in [-0.4, -0.2) is 34.1 Å². The Balaban J connectivity index is 0.000000640. The van der Waals surface area contributed by atoms with E-state index in [1.807, 2.05) is 48.5 Å². The van der Waals surface area contributed by atoms with E-state index in [0.29, 0.717) is 13.0 Å². The highest BCUT2D eigenvalue weighted by molar-refractivity contribution is 8.15. The standard InChI is InChI=1S/C18H16ClNO3S.C2H4O2/c19-14-3-1-2-12(10-14)8-9-23-15-6-4-13(5-7-15)11-16-17(21)20-18(22)24-16;1-2(3)4/h1-7,10,16H,8-9,11H2,(H,20,21,22);1H3,(H,3,4). The van der Waals surface area contributed by atoms with E-state index in [-0.39, 0.29) is 16.4 Å². The Labute approximate surface area is 172 Å². The molecule has 0 radical (unpaired) electrons. The number of carboxylic acid groups (broad SMARTS) is 1. The van der Waals surface area contributed by atoms with Crippen LogP contribution in [0, 0.1) is 0 Å². The summed E-state index contributed by atoms with van der Waals surface area (Å²) in [4.78, 5) is 31.7. The number of benzene rings is 2. The zero-order valence-corrected chi connectivity index (χ0v) is 16.8. The van der Waals surface area contributed by atoms with Gasteiger partial charge in [0.2, 0.25) is 5.91 Å². The number of rotatable bonds is 6. The van der Waals surface area contributed by atoms with Crippen LogP contribution in [0.25, 0.3) is 0 Å². The van der Waals surface area contributed by atoms with Gasteiger partial charge in [-0.25, -0.2) is 0 Å². The predicted octanol–water partition coefficient (Wildman–Crippen LogP) is 3.95. The number of hydrogen-bond donors (Lipinski definition) is 2.